The molecule has 2 fully saturated rings. The normalized spacial score (nSPS) is 23.1. The number of halogens is 1. The second kappa shape index (κ2) is 11.0. The highest BCUT2D eigenvalue weighted by Crippen LogP contribution is 2.32. The van der Waals surface area contributed by atoms with Crippen LogP contribution in [-0.2, 0) is 25.7 Å². The van der Waals surface area contributed by atoms with E-state index in [1.807, 2.05) is 0 Å². The average Bonchev–Trinajstić information content (AvgIpc) is 3.47. The maximum absolute atomic E-state index is 12.5. The fraction of sp³-hybridized carbons (Fsp3) is 0.391. The lowest BCUT2D eigenvalue weighted by Crippen LogP contribution is -2.51. The van der Waals surface area contributed by atoms with Crippen LogP contribution in [0.3, 0.4) is 0 Å². The highest BCUT2D eigenvalue weighted by Gasteiger charge is 2.46. The number of nitrogens with two attached hydrogens (primary N) is 1. The number of imidazole rings is 1. The number of piperazine rings is 1. The number of aliphatic hydroxyl groups is 1. The molecule has 39 heavy (non-hydrogen) atoms. The van der Waals surface area contributed by atoms with Crippen LogP contribution in [0.2, 0.25) is 5.02 Å². The van der Waals surface area contributed by atoms with Crippen molar-refractivity contribution in [2.24, 2.45) is 5.73 Å². The van der Waals surface area contributed by atoms with Crippen LogP contribution in [0.4, 0.5) is 5.82 Å². The van der Waals surface area contributed by atoms with Crippen molar-refractivity contribution in [3.63, 3.8) is 0 Å². The quantitative estimate of drug-likeness (QED) is 0.227. The van der Waals surface area contributed by atoms with Crippen molar-refractivity contribution in [3.8, 4) is 5.75 Å². The summed E-state index contributed by atoms with van der Waals surface area (Å²) in [6, 6.07) is 3.81. The molecule has 0 bridgehead atoms. The molecule has 2 aromatic heterocycles. The van der Waals surface area contributed by atoms with Gasteiger partial charge in [0.05, 0.1) is 18.9 Å². The Morgan fingerprint density at radius 2 is 2.13 bits per heavy atom. The average molecular weight is 561 g/mol. The minimum absolute atomic E-state index is 0.0145. The zero-order chi connectivity index (χ0) is 27.7. The molecule has 6 N–H and O–H groups in total. The van der Waals surface area contributed by atoms with E-state index in [4.69, 9.17) is 26.8 Å². The van der Waals surface area contributed by atoms with E-state index in [1.165, 1.54) is 22.1 Å². The number of carboxylic acids is 1. The van der Waals surface area contributed by atoms with Gasteiger partial charge in [-0.1, -0.05) is 11.6 Å². The van der Waals surface area contributed by atoms with Gasteiger partial charge in [0.15, 0.2) is 35.9 Å². The van der Waals surface area contributed by atoms with Crippen LogP contribution in [-0.4, -0.2) is 96.9 Å². The molecule has 1 aromatic carbocycles. The highest BCUT2D eigenvalue weighted by molar-refractivity contribution is 6.30. The molecule has 0 radical (unpaired) electrons. The molecule has 0 saturated carbocycles. The summed E-state index contributed by atoms with van der Waals surface area (Å²) in [6.07, 6.45) is -1.16. The van der Waals surface area contributed by atoms with Gasteiger partial charge in [0.1, 0.15) is 18.2 Å². The van der Waals surface area contributed by atoms with E-state index in [-0.39, 0.29) is 37.2 Å². The topological polar surface area (TPSA) is 207 Å². The standard InChI is InChI=1S/C23H25ClN8O7/c24-12-1-2-13(38-8-15(34)31-4-3-26-14(33)7-31)11(5-12)6-27-20-17-21(29-9-28-20)32(10-30-17)22-18(35)16(25)19(39-22)23(36)37/h1-2,5,9-10,16,18-19,22,35H,3-4,6-8,25H2,(H,26,33)(H,36,37)(H,27,28,29). The van der Waals surface area contributed by atoms with Gasteiger partial charge in [0.25, 0.3) is 5.91 Å². The minimum atomic E-state index is -1.39. The van der Waals surface area contributed by atoms with Crippen molar-refractivity contribution in [1.82, 2.24) is 29.7 Å². The number of carboxylic acid groups (broad SMARTS) is 1. The third-order valence-electron chi connectivity index (χ3n) is 6.41. The maximum atomic E-state index is 12.5. The predicted molar refractivity (Wildman–Crippen MR) is 135 cm³/mol. The zero-order valence-electron chi connectivity index (χ0n) is 20.4. The number of benzene rings is 1. The molecule has 2 amide bonds. The number of anilines is 1. The van der Waals surface area contributed by atoms with E-state index >= 15 is 0 Å². The molecule has 2 aliphatic heterocycles. The molecule has 16 heteroatoms. The number of hydrogen-bond donors (Lipinski definition) is 5. The number of carbonyl (C=O) groups is 3. The molecular formula is C23H25ClN8O7. The zero-order valence-corrected chi connectivity index (χ0v) is 21.1. The fourth-order valence-corrected chi connectivity index (χ4v) is 4.59. The Kier molecular flexibility index (Phi) is 7.47. The summed E-state index contributed by atoms with van der Waals surface area (Å²) in [5.41, 5.74) is 7.08. The van der Waals surface area contributed by atoms with Crippen LogP contribution in [0.1, 0.15) is 11.8 Å². The summed E-state index contributed by atoms with van der Waals surface area (Å²) in [7, 11) is 0. The predicted octanol–water partition coefficient (Wildman–Crippen LogP) is -0.901. The number of hydrogen-bond acceptors (Lipinski definition) is 11. The first-order chi connectivity index (χ1) is 18.7. The lowest BCUT2D eigenvalue weighted by molar-refractivity contribution is -0.152. The second-order valence-electron chi connectivity index (χ2n) is 8.96. The van der Waals surface area contributed by atoms with Gasteiger partial charge in [-0.05, 0) is 18.2 Å². The molecular weight excluding hydrogens is 536 g/mol. The van der Waals surface area contributed by atoms with Gasteiger partial charge in [-0.15, -0.1) is 0 Å². The first-order valence-electron chi connectivity index (χ1n) is 11.9. The van der Waals surface area contributed by atoms with E-state index < -0.39 is 30.4 Å². The second-order valence-corrected chi connectivity index (χ2v) is 9.40. The van der Waals surface area contributed by atoms with Gasteiger partial charge >= 0.3 is 5.97 Å². The monoisotopic (exact) mass is 560 g/mol. The number of nitrogens with zero attached hydrogens (tertiary/aromatic N) is 5. The summed E-state index contributed by atoms with van der Waals surface area (Å²) in [5.74, 6) is -1.07. The third-order valence-corrected chi connectivity index (χ3v) is 6.64. The lowest BCUT2D eigenvalue weighted by atomic mass is 10.1. The van der Waals surface area contributed by atoms with Gasteiger partial charge in [-0.2, -0.15) is 0 Å². The molecule has 3 aromatic rings. The van der Waals surface area contributed by atoms with E-state index in [0.29, 0.717) is 40.8 Å². The van der Waals surface area contributed by atoms with Crippen LogP contribution in [0.25, 0.3) is 11.2 Å². The fourth-order valence-electron chi connectivity index (χ4n) is 4.40. The SMILES string of the molecule is NC1C(C(=O)O)OC(n2cnc3c(NCc4cc(Cl)ccc4OCC(=O)N4CCNC(=O)C4)ncnc32)C1O. The summed E-state index contributed by atoms with van der Waals surface area (Å²) in [6.45, 7) is 0.712. The number of aliphatic carboxylic acids is 1. The maximum Gasteiger partial charge on any atom is 0.334 e. The van der Waals surface area contributed by atoms with Crippen LogP contribution in [0.5, 0.6) is 5.75 Å². The number of aliphatic hydroxyl groups excluding tert-OH is 1. The Labute approximate surface area is 225 Å². The first kappa shape index (κ1) is 26.6. The van der Waals surface area contributed by atoms with Gasteiger partial charge in [0, 0.05) is 30.2 Å². The minimum Gasteiger partial charge on any atom is -0.483 e. The van der Waals surface area contributed by atoms with Gasteiger partial charge in [0.2, 0.25) is 5.91 Å². The largest absolute Gasteiger partial charge is 0.483 e. The Balaban J connectivity index is 1.30. The van der Waals surface area contributed by atoms with E-state index in [0.717, 1.165) is 0 Å². The number of amides is 2. The van der Waals surface area contributed by atoms with Crippen molar-refractivity contribution in [1.29, 1.82) is 0 Å². The van der Waals surface area contributed by atoms with Crippen molar-refractivity contribution >= 4 is 46.4 Å². The van der Waals surface area contributed by atoms with Gasteiger partial charge < -0.3 is 41.0 Å². The van der Waals surface area contributed by atoms with E-state index in [2.05, 4.69) is 25.6 Å². The summed E-state index contributed by atoms with van der Waals surface area (Å²) in [5, 5.41) is 26.0. The number of fused-ring (bicyclic) bond motifs is 1. The number of nitrogens with one attached hydrogen (secondary N) is 2. The molecule has 0 aliphatic carbocycles. The van der Waals surface area contributed by atoms with Crippen LogP contribution < -0.4 is 21.1 Å². The molecule has 2 aliphatic rings. The van der Waals surface area contributed by atoms with Crippen LogP contribution in [0, 0.1) is 0 Å². The van der Waals surface area contributed by atoms with Crippen LogP contribution in [0.15, 0.2) is 30.9 Å². The Hall–Kier alpha value is -4.05. The Bertz CT molecular complexity index is 1420. The van der Waals surface area contributed by atoms with E-state index in [1.54, 1.807) is 18.2 Å². The van der Waals surface area contributed by atoms with Crippen molar-refractivity contribution < 1.29 is 34.1 Å². The molecule has 5 rings (SSSR count). The van der Waals surface area contributed by atoms with Crippen LogP contribution >= 0.6 is 11.6 Å². The number of rotatable bonds is 8. The molecule has 4 unspecified atom stereocenters. The molecule has 0 spiro atoms. The summed E-state index contributed by atoms with van der Waals surface area (Å²) in [4.78, 5) is 49.7. The third kappa shape index (κ3) is 5.42. The molecule has 4 heterocycles. The lowest BCUT2D eigenvalue weighted by Gasteiger charge is -2.26. The number of ether oxygens (including phenoxy) is 2. The van der Waals surface area contributed by atoms with Crippen molar-refractivity contribution in [2.75, 3.05) is 31.6 Å². The summed E-state index contributed by atoms with van der Waals surface area (Å²) < 4.78 is 12.6. The molecule has 4 atom stereocenters. The Morgan fingerprint density at radius 3 is 2.87 bits per heavy atom. The molecule has 2 saturated heterocycles. The highest BCUT2D eigenvalue weighted by atomic mass is 35.5. The smallest absolute Gasteiger partial charge is 0.334 e. The van der Waals surface area contributed by atoms with Crippen molar-refractivity contribution in [2.45, 2.75) is 31.0 Å². The van der Waals surface area contributed by atoms with Gasteiger partial charge in [-0.25, -0.2) is 19.7 Å². The number of carbonyl (C=O) groups excluding carboxylic acids is 2. The first-order valence-corrected chi connectivity index (χ1v) is 12.3. The number of aromatic nitrogens is 4. The van der Waals surface area contributed by atoms with Crippen molar-refractivity contribution in [3.05, 3.63) is 41.4 Å². The van der Waals surface area contributed by atoms with Gasteiger partial charge in [-0.3, -0.25) is 14.2 Å². The molecule has 206 valence electrons. The summed E-state index contributed by atoms with van der Waals surface area (Å²) >= 11 is 6.20. The van der Waals surface area contributed by atoms with E-state index in [9.17, 15) is 24.6 Å². The Morgan fingerprint density at radius 1 is 1.31 bits per heavy atom. The molecule has 15 nitrogen and oxygen atoms in total.